The summed E-state index contributed by atoms with van der Waals surface area (Å²) in [7, 11) is 1.46. The van der Waals surface area contributed by atoms with Crippen molar-refractivity contribution in [2.75, 3.05) is 12.4 Å². The normalized spacial score (nSPS) is 10.5. The number of aromatic nitrogens is 1. The van der Waals surface area contributed by atoms with Crippen LogP contribution in [0.5, 0.6) is 5.75 Å². The molecular formula is C22H14FN3O3. The van der Waals surface area contributed by atoms with Gasteiger partial charge in [-0.15, -0.1) is 0 Å². The van der Waals surface area contributed by atoms with Crippen molar-refractivity contribution < 1.29 is 18.3 Å². The van der Waals surface area contributed by atoms with Gasteiger partial charge in [0.2, 0.25) is 5.89 Å². The van der Waals surface area contributed by atoms with Crippen molar-refractivity contribution in [3.05, 3.63) is 77.6 Å². The fourth-order valence-electron chi connectivity index (χ4n) is 2.89. The summed E-state index contributed by atoms with van der Waals surface area (Å²) in [6.07, 6.45) is 0. The minimum Gasteiger partial charge on any atom is -0.495 e. The van der Waals surface area contributed by atoms with E-state index >= 15 is 0 Å². The topological polar surface area (TPSA) is 88.2 Å². The number of halogens is 1. The number of nitrogens with one attached hydrogen (secondary N) is 1. The Labute approximate surface area is 165 Å². The molecule has 1 aromatic heterocycles. The van der Waals surface area contributed by atoms with Crippen LogP contribution in [0, 0.1) is 17.1 Å². The van der Waals surface area contributed by atoms with E-state index in [1.54, 1.807) is 18.2 Å². The number of carbonyl (C=O) groups excluding carboxylic acids is 1. The number of rotatable bonds is 4. The first kappa shape index (κ1) is 18.2. The third-order valence-corrected chi connectivity index (χ3v) is 4.33. The molecule has 1 amide bonds. The lowest BCUT2D eigenvalue weighted by atomic mass is 10.1. The van der Waals surface area contributed by atoms with Gasteiger partial charge >= 0.3 is 0 Å². The molecule has 0 bridgehead atoms. The summed E-state index contributed by atoms with van der Waals surface area (Å²) in [5, 5.41) is 11.5. The molecular weight excluding hydrogens is 373 g/mol. The van der Waals surface area contributed by atoms with Gasteiger partial charge in [-0.3, -0.25) is 4.79 Å². The van der Waals surface area contributed by atoms with Crippen molar-refractivity contribution in [1.29, 1.82) is 5.26 Å². The standard InChI is InChI=1S/C22H14FN3O3/c1-28-19-9-7-14(22-26-17-4-2-3-5-20(17)29-22)11-18(19)25-21(27)15-8-6-13(12-24)10-16(15)23/h2-11H,1H3,(H,25,27). The van der Waals surface area contributed by atoms with Crippen LogP contribution in [-0.2, 0) is 0 Å². The number of oxazole rings is 1. The smallest absolute Gasteiger partial charge is 0.258 e. The van der Waals surface area contributed by atoms with E-state index in [1.165, 1.54) is 19.2 Å². The number of fused-ring (bicyclic) bond motifs is 1. The van der Waals surface area contributed by atoms with Crippen LogP contribution in [0.3, 0.4) is 0 Å². The van der Waals surface area contributed by atoms with Gasteiger partial charge in [0.15, 0.2) is 5.58 Å². The van der Waals surface area contributed by atoms with Gasteiger partial charge in [0, 0.05) is 5.56 Å². The maximum Gasteiger partial charge on any atom is 0.258 e. The summed E-state index contributed by atoms with van der Waals surface area (Å²) in [6.45, 7) is 0. The Morgan fingerprint density at radius 1 is 1.17 bits per heavy atom. The Morgan fingerprint density at radius 3 is 2.72 bits per heavy atom. The largest absolute Gasteiger partial charge is 0.495 e. The molecule has 29 heavy (non-hydrogen) atoms. The molecule has 6 nitrogen and oxygen atoms in total. The van der Waals surface area contributed by atoms with Crippen LogP contribution in [0.25, 0.3) is 22.6 Å². The van der Waals surface area contributed by atoms with Crippen LogP contribution in [0.4, 0.5) is 10.1 Å². The van der Waals surface area contributed by atoms with Gasteiger partial charge in [0.05, 0.1) is 30.0 Å². The molecule has 0 aliphatic heterocycles. The Bertz CT molecular complexity index is 1240. The van der Waals surface area contributed by atoms with Crippen molar-refractivity contribution in [1.82, 2.24) is 4.98 Å². The fourth-order valence-corrected chi connectivity index (χ4v) is 2.89. The van der Waals surface area contributed by atoms with Gasteiger partial charge in [-0.1, -0.05) is 12.1 Å². The second-order valence-corrected chi connectivity index (χ2v) is 6.16. The quantitative estimate of drug-likeness (QED) is 0.545. The predicted molar refractivity (Wildman–Crippen MR) is 105 cm³/mol. The van der Waals surface area contributed by atoms with Crippen LogP contribution in [-0.4, -0.2) is 18.0 Å². The maximum absolute atomic E-state index is 14.2. The molecule has 0 spiro atoms. The molecule has 4 rings (SSSR count). The molecule has 0 fully saturated rings. The number of carbonyl (C=O) groups is 1. The second-order valence-electron chi connectivity index (χ2n) is 6.16. The molecule has 0 saturated carbocycles. The monoisotopic (exact) mass is 387 g/mol. The minimum absolute atomic E-state index is 0.134. The predicted octanol–water partition coefficient (Wildman–Crippen LogP) is 4.77. The molecule has 3 aromatic carbocycles. The van der Waals surface area contributed by atoms with Crippen LogP contribution in [0.1, 0.15) is 15.9 Å². The fraction of sp³-hybridized carbons (Fsp3) is 0.0455. The first-order chi connectivity index (χ1) is 14.1. The maximum atomic E-state index is 14.2. The lowest BCUT2D eigenvalue weighted by Gasteiger charge is -2.12. The first-order valence-electron chi connectivity index (χ1n) is 8.64. The van der Waals surface area contributed by atoms with E-state index in [-0.39, 0.29) is 11.1 Å². The van der Waals surface area contributed by atoms with E-state index in [4.69, 9.17) is 14.4 Å². The summed E-state index contributed by atoms with van der Waals surface area (Å²) >= 11 is 0. The third kappa shape index (κ3) is 3.51. The van der Waals surface area contributed by atoms with Gasteiger partial charge < -0.3 is 14.5 Å². The molecule has 0 unspecified atom stereocenters. The number of hydrogen-bond donors (Lipinski definition) is 1. The highest BCUT2D eigenvalue weighted by atomic mass is 19.1. The minimum atomic E-state index is -0.782. The number of anilines is 1. The highest BCUT2D eigenvalue weighted by Gasteiger charge is 2.17. The van der Waals surface area contributed by atoms with E-state index in [2.05, 4.69) is 10.3 Å². The number of para-hydroxylation sites is 2. The Morgan fingerprint density at radius 2 is 2.00 bits per heavy atom. The molecule has 142 valence electrons. The van der Waals surface area contributed by atoms with Crippen molar-refractivity contribution in [3.63, 3.8) is 0 Å². The van der Waals surface area contributed by atoms with Crippen molar-refractivity contribution >= 4 is 22.7 Å². The average molecular weight is 387 g/mol. The lowest BCUT2D eigenvalue weighted by molar-refractivity contribution is 0.102. The van der Waals surface area contributed by atoms with Crippen LogP contribution in [0.2, 0.25) is 0 Å². The molecule has 0 saturated heterocycles. The zero-order valence-electron chi connectivity index (χ0n) is 15.3. The van der Waals surface area contributed by atoms with Gasteiger partial charge in [0.1, 0.15) is 17.1 Å². The number of nitrogens with zero attached hydrogens (tertiary/aromatic N) is 2. The van der Waals surface area contributed by atoms with Crippen molar-refractivity contribution in [2.24, 2.45) is 0 Å². The number of methoxy groups -OCH3 is 1. The van der Waals surface area contributed by atoms with Crippen molar-refractivity contribution in [2.45, 2.75) is 0 Å². The van der Waals surface area contributed by atoms with Gasteiger partial charge in [0.25, 0.3) is 5.91 Å². The molecule has 0 atom stereocenters. The molecule has 0 aliphatic rings. The number of hydrogen-bond acceptors (Lipinski definition) is 5. The molecule has 4 aromatic rings. The Balaban J connectivity index is 1.68. The van der Waals surface area contributed by atoms with Crippen LogP contribution < -0.4 is 10.1 Å². The molecule has 1 heterocycles. The summed E-state index contributed by atoms with van der Waals surface area (Å²) in [4.78, 5) is 17.0. The highest BCUT2D eigenvalue weighted by molar-refractivity contribution is 6.05. The van der Waals surface area contributed by atoms with E-state index in [1.807, 2.05) is 30.3 Å². The third-order valence-electron chi connectivity index (χ3n) is 4.33. The SMILES string of the molecule is COc1ccc(-c2nc3ccccc3o2)cc1NC(=O)c1ccc(C#N)cc1F. The second kappa shape index (κ2) is 7.44. The lowest BCUT2D eigenvalue weighted by Crippen LogP contribution is -2.14. The Hall–Kier alpha value is -4.18. The van der Waals surface area contributed by atoms with E-state index in [0.717, 1.165) is 6.07 Å². The molecule has 7 heteroatoms. The summed E-state index contributed by atoms with van der Waals surface area (Å²) in [6, 6.07) is 17.9. The number of benzene rings is 3. The van der Waals surface area contributed by atoms with E-state index < -0.39 is 11.7 Å². The zero-order valence-corrected chi connectivity index (χ0v) is 15.3. The highest BCUT2D eigenvalue weighted by Crippen LogP contribution is 2.32. The number of nitriles is 1. The zero-order chi connectivity index (χ0) is 20.4. The molecule has 0 aliphatic carbocycles. The average Bonchev–Trinajstić information content (AvgIpc) is 3.17. The van der Waals surface area contributed by atoms with Crippen LogP contribution in [0.15, 0.2) is 65.1 Å². The first-order valence-corrected chi connectivity index (χ1v) is 8.64. The number of ether oxygens (including phenoxy) is 1. The van der Waals surface area contributed by atoms with Gasteiger partial charge in [-0.25, -0.2) is 9.37 Å². The number of amides is 1. The molecule has 1 N–H and O–H groups in total. The summed E-state index contributed by atoms with van der Waals surface area (Å²) < 4.78 is 25.2. The van der Waals surface area contributed by atoms with Gasteiger partial charge in [-0.2, -0.15) is 5.26 Å². The summed E-state index contributed by atoms with van der Waals surface area (Å²) in [5.41, 5.74) is 2.26. The Kier molecular flexibility index (Phi) is 4.67. The van der Waals surface area contributed by atoms with Crippen LogP contribution >= 0.6 is 0 Å². The summed E-state index contributed by atoms with van der Waals surface area (Å²) in [5.74, 6) is -0.670. The van der Waals surface area contributed by atoms with Gasteiger partial charge in [-0.05, 0) is 48.5 Å². The molecule has 0 radical (unpaired) electrons. The van der Waals surface area contributed by atoms with E-state index in [0.29, 0.717) is 34.0 Å². The van der Waals surface area contributed by atoms with E-state index in [9.17, 15) is 9.18 Å². The van der Waals surface area contributed by atoms with Crippen molar-refractivity contribution in [3.8, 4) is 23.3 Å².